The normalized spacial score (nSPS) is 13.7. The van der Waals surface area contributed by atoms with Gasteiger partial charge in [0.05, 0.1) is 12.2 Å². The topological polar surface area (TPSA) is 96.0 Å². The predicted molar refractivity (Wildman–Crippen MR) is 143 cm³/mol. The van der Waals surface area contributed by atoms with E-state index in [-0.39, 0.29) is 12.5 Å². The van der Waals surface area contributed by atoms with Gasteiger partial charge in [0.2, 0.25) is 0 Å². The zero-order valence-corrected chi connectivity index (χ0v) is 21.1. The van der Waals surface area contributed by atoms with E-state index in [4.69, 9.17) is 9.47 Å². The van der Waals surface area contributed by atoms with Crippen LogP contribution in [0.25, 0.3) is 0 Å². The molecular weight excluding hydrogens is 470 g/mol. The summed E-state index contributed by atoms with van der Waals surface area (Å²) in [6.07, 6.45) is 2.82. The van der Waals surface area contributed by atoms with Crippen LogP contribution in [0.2, 0.25) is 0 Å². The summed E-state index contributed by atoms with van der Waals surface area (Å²) in [5.41, 5.74) is 3.99. The quantitative estimate of drug-likeness (QED) is 0.437. The Balaban J connectivity index is 1.27. The lowest BCUT2D eigenvalue weighted by molar-refractivity contribution is 0.102. The summed E-state index contributed by atoms with van der Waals surface area (Å²) in [7, 11) is 1.72. The Morgan fingerprint density at radius 1 is 0.946 bits per heavy atom. The van der Waals surface area contributed by atoms with Crippen molar-refractivity contribution in [1.29, 1.82) is 0 Å². The fraction of sp³-hybridized carbons (Fsp3) is 0.321. The summed E-state index contributed by atoms with van der Waals surface area (Å²) in [6.45, 7) is 5.72. The summed E-state index contributed by atoms with van der Waals surface area (Å²) >= 11 is 0. The smallest absolute Gasteiger partial charge is 0.407 e. The van der Waals surface area contributed by atoms with E-state index in [1.165, 1.54) is 0 Å². The van der Waals surface area contributed by atoms with Crippen LogP contribution >= 0.6 is 0 Å². The van der Waals surface area contributed by atoms with Gasteiger partial charge in [0.1, 0.15) is 6.61 Å². The van der Waals surface area contributed by atoms with Crippen LogP contribution in [0, 0.1) is 0 Å². The Morgan fingerprint density at radius 2 is 1.73 bits per heavy atom. The maximum atomic E-state index is 13.1. The Labute approximate surface area is 217 Å². The molecule has 3 aromatic rings. The molecule has 2 heterocycles. The van der Waals surface area contributed by atoms with Crippen LogP contribution in [-0.4, -0.2) is 68.3 Å². The standard InChI is InChI=1S/C28H33N5O4/c1-36-18-17-32-13-15-33(16-14-32)26-7-3-2-6-25(26)27(34)31-24-10-8-22(9-11-24)20-30-28(35)37-21-23-5-4-12-29-19-23/h2-12,19H,13-18,20-21H2,1H3,(H,30,35)(H,31,34). The number of rotatable bonds is 10. The van der Waals surface area contributed by atoms with E-state index in [0.717, 1.165) is 56.1 Å². The molecule has 194 valence electrons. The second-order valence-corrected chi connectivity index (χ2v) is 8.78. The van der Waals surface area contributed by atoms with Crippen molar-refractivity contribution in [2.45, 2.75) is 13.2 Å². The van der Waals surface area contributed by atoms with Crippen molar-refractivity contribution in [1.82, 2.24) is 15.2 Å². The third-order valence-corrected chi connectivity index (χ3v) is 6.21. The van der Waals surface area contributed by atoms with Crippen molar-refractivity contribution < 1.29 is 19.1 Å². The number of nitrogens with zero attached hydrogens (tertiary/aromatic N) is 3. The second kappa shape index (κ2) is 13.4. The summed E-state index contributed by atoms with van der Waals surface area (Å²) in [5, 5.41) is 5.72. The molecule has 37 heavy (non-hydrogen) atoms. The maximum Gasteiger partial charge on any atom is 0.407 e. The first-order chi connectivity index (χ1) is 18.1. The van der Waals surface area contributed by atoms with Gasteiger partial charge in [-0.25, -0.2) is 4.79 Å². The number of pyridine rings is 1. The van der Waals surface area contributed by atoms with E-state index in [9.17, 15) is 9.59 Å². The fourth-order valence-electron chi connectivity index (χ4n) is 4.14. The highest BCUT2D eigenvalue weighted by molar-refractivity contribution is 6.08. The molecule has 9 heteroatoms. The molecule has 0 radical (unpaired) electrons. The largest absolute Gasteiger partial charge is 0.445 e. The molecule has 2 aromatic carbocycles. The Hall–Kier alpha value is -3.95. The Kier molecular flexibility index (Phi) is 9.45. The van der Waals surface area contributed by atoms with Crippen LogP contribution in [0.1, 0.15) is 21.5 Å². The van der Waals surface area contributed by atoms with Gasteiger partial charge >= 0.3 is 6.09 Å². The molecule has 0 aliphatic carbocycles. The van der Waals surface area contributed by atoms with Crippen molar-refractivity contribution in [3.8, 4) is 0 Å². The molecule has 1 fully saturated rings. The number of methoxy groups -OCH3 is 1. The molecule has 0 saturated carbocycles. The molecule has 9 nitrogen and oxygen atoms in total. The van der Waals surface area contributed by atoms with E-state index >= 15 is 0 Å². The minimum Gasteiger partial charge on any atom is -0.445 e. The third kappa shape index (κ3) is 7.77. The molecule has 1 saturated heterocycles. The van der Waals surface area contributed by atoms with Crippen LogP contribution in [0.3, 0.4) is 0 Å². The van der Waals surface area contributed by atoms with E-state index in [1.54, 1.807) is 25.6 Å². The van der Waals surface area contributed by atoms with Crippen molar-refractivity contribution >= 4 is 23.4 Å². The van der Waals surface area contributed by atoms with Crippen molar-refractivity contribution in [3.05, 3.63) is 89.7 Å². The fourth-order valence-corrected chi connectivity index (χ4v) is 4.14. The summed E-state index contributed by atoms with van der Waals surface area (Å²) in [5.74, 6) is -0.151. The zero-order valence-electron chi connectivity index (χ0n) is 21.1. The average Bonchev–Trinajstić information content (AvgIpc) is 2.95. The molecular formula is C28H33N5O4. The van der Waals surface area contributed by atoms with Crippen LogP contribution in [0.15, 0.2) is 73.1 Å². The van der Waals surface area contributed by atoms with Gasteiger partial charge in [-0.3, -0.25) is 14.7 Å². The van der Waals surface area contributed by atoms with Gasteiger partial charge < -0.3 is 25.0 Å². The third-order valence-electron chi connectivity index (χ3n) is 6.21. The molecule has 4 rings (SSSR count). The highest BCUT2D eigenvalue weighted by Crippen LogP contribution is 2.23. The van der Waals surface area contributed by atoms with E-state index in [0.29, 0.717) is 17.8 Å². The summed E-state index contributed by atoms with van der Waals surface area (Å²) < 4.78 is 10.4. The van der Waals surface area contributed by atoms with E-state index < -0.39 is 6.09 Å². The number of hydrogen-bond acceptors (Lipinski definition) is 7. The number of aromatic nitrogens is 1. The molecule has 1 aliphatic heterocycles. The van der Waals surface area contributed by atoms with Gasteiger partial charge in [0.15, 0.2) is 0 Å². The Bertz CT molecular complexity index is 1150. The molecule has 1 aliphatic rings. The first-order valence-electron chi connectivity index (χ1n) is 12.4. The highest BCUT2D eigenvalue weighted by Gasteiger charge is 2.21. The molecule has 2 amide bonds. The number of anilines is 2. The zero-order chi connectivity index (χ0) is 25.9. The van der Waals surface area contributed by atoms with Gasteiger partial charge in [-0.15, -0.1) is 0 Å². The molecule has 0 unspecified atom stereocenters. The van der Waals surface area contributed by atoms with E-state index in [1.807, 2.05) is 54.6 Å². The minimum absolute atomic E-state index is 0.151. The lowest BCUT2D eigenvalue weighted by Crippen LogP contribution is -2.47. The number of hydrogen-bond donors (Lipinski definition) is 2. The van der Waals surface area contributed by atoms with E-state index in [2.05, 4.69) is 25.4 Å². The molecule has 1 aromatic heterocycles. The summed E-state index contributed by atoms with van der Waals surface area (Å²) in [4.78, 5) is 33.7. The Morgan fingerprint density at radius 3 is 2.46 bits per heavy atom. The van der Waals surface area contributed by atoms with Gasteiger partial charge in [0.25, 0.3) is 5.91 Å². The van der Waals surface area contributed by atoms with Gasteiger partial charge in [-0.2, -0.15) is 0 Å². The first-order valence-corrected chi connectivity index (χ1v) is 12.4. The van der Waals surface area contributed by atoms with Gasteiger partial charge in [-0.05, 0) is 35.9 Å². The monoisotopic (exact) mass is 503 g/mol. The van der Waals surface area contributed by atoms with Gasteiger partial charge in [-0.1, -0.05) is 30.3 Å². The molecule has 0 atom stereocenters. The van der Waals surface area contributed by atoms with Gasteiger partial charge in [0, 0.05) is 75.7 Å². The average molecular weight is 504 g/mol. The number of amides is 2. The van der Waals surface area contributed by atoms with Crippen LogP contribution in [-0.2, 0) is 22.6 Å². The number of piperazine rings is 1. The predicted octanol–water partition coefficient (Wildman–Crippen LogP) is 3.53. The lowest BCUT2D eigenvalue weighted by atomic mass is 10.1. The molecule has 0 spiro atoms. The van der Waals surface area contributed by atoms with Crippen LogP contribution in [0.5, 0.6) is 0 Å². The van der Waals surface area contributed by atoms with Crippen molar-refractivity contribution in [3.63, 3.8) is 0 Å². The first kappa shape index (κ1) is 26.1. The van der Waals surface area contributed by atoms with Crippen LogP contribution < -0.4 is 15.5 Å². The number of benzene rings is 2. The second-order valence-electron chi connectivity index (χ2n) is 8.78. The van der Waals surface area contributed by atoms with Crippen molar-refractivity contribution in [2.75, 3.05) is 56.7 Å². The number of para-hydroxylation sites is 1. The summed E-state index contributed by atoms with van der Waals surface area (Å²) in [6, 6.07) is 18.7. The van der Waals surface area contributed by atoms with Crippen molar-refractivity contribution in [2.24, 2.45) is 0 Å². The van der Waals surface area contributed by atoms with Crippen LogP contribution in [0.4, 0.5) is 16.2 Å². The number of carbonyl (C=O) groups is 2. The number of ether oxygens (including phenoxy) is 2. The SMILES string of the molecule is COCCN1CCN(c2ccccc2C(=O)Nc2ccc(CNC(=O)OCc3cccnc3)cc2)CC1. The lowest BCUT2D eigenvalue weighted by Gasteiger charge is -2.36. The molecule has 2 N–H and O–H groups in total. The number of alkyl carbamates (subject to hydrolysis) is 1. The molecule has 0 bridgehead atoms. The highest BCUT2D eigenvalue weighted by atomic mass is 16.5. The number of nitrogens with one attached hydrogen (secondary N) is 2. The maximum absolute atomic E-state index is 13.1. The minimum atomic E-state index is -0.502. The number of carbonyl (C=O) groups excluding carboxylic acids is 2.